The van der Waals surface area contributed by atoms with Crippen LogP contribution in [0.5, 0.6) is 5.88 Å². The molecule has 2 aliphatic rings. The maximum absolute atomic E-state index is 14.7. The lowest BCUT2D eigenvalue weighted by Crippen LogP contribution is -2.47. The van der Waals surface area contributed by atoms with Gasteiger partial charge in [0.2, 0.25) is 5.78 Å². The predicted molar refractivity (Wildman–Crippen MR) is 204 cm³/mol. The normalized spacial score (nSPS) is 21.4. The molecule has 6 rings (SSSR count). The number of amides is 1. The molecule has 53 heavy (non-hydrogen) atoms. The number of anilines is 1. The Morgan fingerprint density at radius 2 is 1.70 bits per heavy atom. The molecular weight excluding hydrogens is 742 g/mol. The number of fused-ring (bicyclic) bond motifs is 3. The number of nitrogens with zero attached hydrogens (tertiary/aromatic N) is 3. The van der Waals surface area contributed by atoms with Gasteiger partial charge in [0.15, 0.2) is 11.5 Å². The highest BCUT2D eigenvalue weighted by Crippen LogP contribution is 2.50. The summed E-state index contributed by atoms with van der Waals surface area (Å²) in [5.74, 6) is -2.53. The van der Waals surface area contributed by atoms with Crippen molar-refractivity contribution in [1.29, 1.82) is 0 Å². The Bertz CT molecular complexity index is 2090. The summed E-state index contributed by atoms with van der Waals surface area (Å²) in [5.41, 5.74) is 2.74. The van der Waals surface area contributed by atoms with Crippen molar-refractivity contribution >= 4 is 55.8 Å². The van der Waals surface area contributed by atoms with Gasteiger partial charge >= 0.3 is 6.09 Å². The average Bonchev–Trinajstić information content (AvgIpc) is 3.51. The van der Waals surface area contributed by atoms with Crippen LogP contribution in [0, 0.1) is 24.7 Å². The second-order valence-corrected chi connectivity index (χ2v) is 16.2. The van der Waals surface area contributed by atoms with E-state index in [1.165, 1.54) is 18.9 Å². The number of rotatable bonds is 9. The molecule has 0 saturated carbocycles. The zero-order chi connectivity index (χ0) is 38.5. The zero-order valence-electron chi connectivity index (χ0n) is 31.6. The monoisotopic (exact) mass is 787 g/mol. The molecule has 2 aliphatic carbocycles. The fourth-order valence-electron chi connectivity index (χ4n) is 8.24. The largest absolute Gasteiger partial charge is 0.470 e. The summed E-state index contributed by atoms with van der Waals surface area (Å²) in [7, 11) is 6.88. The number of methoxy groups -OCH3 is 1. The average molecular weight is 789 g/mol. The van der Waals surface area contributed by atoms with Crippen molar-refractivity contribution in [3.63, 3.8) is 0 Å². The van der Waals surface area contributed by atoms with Crippen LogP contribution >= 0.6 is 15.9 Å². The number of hydrogen-bond acceptors (Lipinski definition) is 10. The van der Waals surface area contributed by atoms with E-state index >= 15 is 0 Å². The highest BCUT2D eigenvalue weighted by Gasteiger charge is 2.51. The Balaban J connectivity index is 1.45. The Labute approximate surface area is 318 Å². The molecule has 0 N–H and O–H groups in total. The first-order valence-corrected chi connectivity index (χ1v) is 18.5. The Morgan fingerprint density at radius 3 is 2.32 bits per heavy atom. The number of benzene rings is 3. The van der Waals surface area contributed by atoms with Crippen LogP contribution in [-0.2, 0) is 27.3 Å². The molecule has 12 heteroatoms. The Kier molecular flexibility index (Phi) is 10.7. The first-order chi connectivity index (χ1) is 25.0. The second kappa shape index (κ2) is 14.8. The second-order valence-electron chi connectivity index (χ2n) is 15.3. The SMILES string of the molecule is COC1C(=O)c2c(OCc3ccccc3)noc2C(N(C)C)C1CC1Cc2c(c(C)c3cc(Br)ccc3c2N(C)C(=O)OC(C)(C)C)C(=O)C1C(C)=O. The number of carbonyl (C=O) groups is 4. The van der Waals surface area contributed by atoms with E-state index in [0.717, 1.165) is 26.4 Å². The summed E-state index contributed by atoms with van der Waals surface area (Å²) >= 11 is 3.57. The predicted octanol–water partition coefficient (Wildman–Crippen LogP) is 7.93. The number of halogens is 1. The number of Topliss-reactive ketones (excluding diaryl/α,β-unsaturated/α-hetero) is 3. The summed E-state index contributed by atoms with van der Waals surface area (Å²) in [4.78, 5) is 59.6. The maximum Gasteiger partial charge on any atom is 0.414 e. The minimum Gasteiger partial charge on any atom is -0.470 e. The first-order valence-electron chi connectivity index (χ1n) is 17.7. The molecule has 1 aromatic heterocycles. The molecule has 1 heterocycles. The third-order valence-electron chi connectivity index (χ3n) is 10.4. The van der Waals surface area contributed by atoms with Gasteiger partial charge in [0, 0.05) is 35.5 Å². The maximum atomic E-state index is 14.7. The van der Waals surface area contributed by atoms with Crippen LogP contribution in [0.25, 0.3) is 10.8 Å². The van der Waals surface area contributed by atoms with Gasteiger partial charge in [0.05, 0.1) is 17.6 Å². The molecule has 4 aromatic rings. The smallest absolute Gasteiger partial charge is 0.414 e. The van der Waals surface area contributed by atoms with Crippen LogP contribution in [0.1, 0.15) is 83.3 Å². The Morgan fingerprint density at radius 1 is 1.00 bits per heavy atom. The van der Waals surface area contributed by atoms with Crippen molar-refractivity contribution in [3.05, 3.63) is 86.6 Å². The van der Waals surface area contributed by atoms with E-state index in [4.69, 9.17) is 18.7 Å². The summed E-state index contributed by atoms with van der Waals surface area (Å²) in [5, 5.41) is 5.74. The van der Waals surface area contributed by atoms with Gasteiger partial charge in [0.1, 0.15) is 29.7 Å². The number of ether oxygens (including phenoxy) is 3. The topological polar surface area (TPSA) is 128 Å². The van der Waals surface area contributed by atoms with Crippen LogP contribution in [0.2, 0.25) is 0 Å². The third kappa shape index (κ3) is 7.16. The van der Waals surface area contributed by atoms with E-state index in [2.05, 4.69) is 21.1 Å². The number of carbonyl (C=O) groups excluding carboxylic acids is 4. The molecule has 0 aliphatic heterocycles. The molecule has 0 bridgehead atoms. The van der Waals surface area contributed by atoms with Crippen LogP contribution in [0.15, 0.2) is 57.5 Å². The van der Waals surface area contributed by atoms with Crippen molar-refractivity contribution < 1.29 is 37.9 Å². The van der Waals surface area contributed by atoms with E-state index < -0.39 is 41.6 Å². The molecule has 0 spiro atoms. The highest BCUT2D eigenvalue weighted by atomic mass is 79.9. The summed E-state index contributed by atoms with van der Waals surface area (Å²) in [6, 6.07) is 14.8. The van der Waals surface area contributed by atoms with Gasteiger partial charge in [-0.1, -0.05) is 52.3 Å². The first kappa shape index (κ1) is 38.3. The zero-order valence-corrected chi connectivity index (χ0v) is 33.2. The lowest BCUT2D eigenvalue weighted by Gasteiger charge is -2.42. The van der Waals surface area contributed by atoms with E-state index in [0.29, 0.717) is 22.6 Å². The summed E-state index contributed by atoms with van der Waals surface area (Å²) < 4.78 is 24.5. The number of hydrogen-bond donors (Lipinski definition) is 0. The van der Waals surface area contributed by atoms with E-state index in [-0.39, 0.29) is 48.2 Å². The van der Waals surface area contributed by atoms with Crippen molar-refractivity contribution in [2.75, 3.05) is 33.2 Å². The van der Waals surface area contributed by atoms with Gasteiger partial charge in [-0.3, -0.25) is 24.2 Å². The van der Waals surface area contributed by atoms with E-state index in [1.807, 2.05) is 74.4 Å². The third-order valence-corrected chi connectivity index (χ3v) is 10.9. The van der Waals surface area contributed by atoms with Crippen LogP contribution in [-0.4, -0.2) is 73.5 Å². The fourth-order valence-corrected chi connectivity index (χ4v) is 8.60. The van der Waals surface area contributed by atoms with Crippen LogP contribution < -0.4 is 9.64 Å². The highest BCUT2D eigenvalue weighted by molar-refractivity contribution is 9.10. The lowest BCUT2D eigenvalue weighted by atomic mass is 9.65. The minimum absolute atomic E-state index is 0.0911. The molecule has 5 atom stereocenters. The van der Waals surface area contributed by atoms with Crippen molar-refractivity contribution in [2.24, 2.45) is 17.8 Å². The molecule has 0 radical (unpaired) electrons. The molecule has 0 fully saturated rings. The van der Waals surface area contributed by atoms with Gasteiger partial charge in [0.25, 0.3) is 5.88 Å². The van der Waals surface area contributed by atoms with E-state index in [1.54, 1.807) is 27.8 Å². The van der Waals surface area contributed by atoms with Crippen LogP contribution in [0.3, 0.4) is 0 Å². The van der Waals surface area contributed by atoms with Gasteiger partial charge in [-0.05, 0) is 107 Å². The van der Waals surface area contributed by atoms with E-state index in [9.17, 15) is 19.2 Å². The van der Waals surface area contributed by atoms with Gasteiger partial charge in [-0.15, -0.1) is 0 Å². The lowest BCUT2D eigenvalue weighted by molar-refractivity contribution is -0.121. The van der Waals surface area contributed by atoms with Crippen molar-refractivity contribution in [1.82, 2.24) is 10.1 Å². The molecule has 0 saturated heterocycles. The number of aryl methyl sites for hydroxylation is 1. The molecule has 1 amide bonds. The van der Waals surface area contributed by atoms with Gasteiger partial charge in [-0.25, -0.2) is 4.79 Å². The van der Waals surface area contributed by atoms with Crippen LogP contribution in [0.4, 0.5) is 10.5 Å². The standard InChI is InChI=1S/C41H46BrN3O8/c1-21-27-19-25(42)15-16-26(27)33(45(8)40(49)52-41(3,4)5)28-17-24(31(22(2)46)35(47)30(21)28)18-29-34(44(6)7)38-32(36(48)37(29)50-9)39(43-53-38)51-20-23-13-11-10-12-14-23/h10-16,19,24,29,31,34,37H,17-18,20H2,1-9H3. The minimum atomic E-state index is -0.984. The Hall–Kier alpha value is -4.39. The molecular formula is C41H46BrN3O8. The quantitative estimate of drug-likeness (QED) is 0.154. The van der Waals surface area contributed by atoms with Crippen molar-refractivity contribution in [2.45, 2.75) is 71.8 Å². The molecule has 11 nitrogen and oxygen atoms in total. The summed E-state index contributed by atoms with van der Waals surface area (Å²) in [6.07, 6.45) is -0.970. The fraction of sp³-hybridized carbons (Fsp3) is 0.439. The number of ketones is 3. The summed E-state index contributed by atoms with van der Waals surface area (Å²) in [6.45, 7) is 8.91. The molecule has 3 aromatic carbocycles. The number of aromatic nitrogens is 1. The van der Waals surface area contributed by atoms with Gasteiger partial charge < -0.3 is 18.7 Å². The molecule has 280 valence electrons. The van der Waals surface area contributed by atoms with Gasteiger partial charge in [-0.2, -0.15) is 0 Å². The molecule has 5 unspecified atom stereocenters. The van der Waals surface area contributed by atoms with Crippen molar-refractivity contribution in [3.8, 4) is 5.88 Å².